The van der Waals surface area contributed by atoms with Gasteiger partial charge in [0.15, 0.2) is 5.43 Å². The zero-order valence-electron chi connectivity index (χ0n) is 16.9. The van der Waals surface area contributed by atoms with E-state index in [0.29, 0.717) is 41.1 Å². The molecule has 1 aliphatic rings. The number of fused-ring (bicyclic) bond motifs is 2. The average Bonchev–Trinajstić information content (AvgIpc) is 3.16. The molecule has 8 heteroatoms. The number of rotatable bonds is 4. The van der Waals surface area contributed by atoms with Gasteiger partial charge >= 0.3 is 11.9 Å². The Hall–Kier alpha value is -4.07. The number of ether oxygens (including phenoxy) is 2. The maximum absolute atomic E-state index is 13.0. The van der Waals surface area contributed by atoms with E-state index < -0.39 is 11.9 Å². The molecule has 1 aliphatic carbocycles. The Morgan fingerprint density at radius 3 is 2.61 bits per heavy atom. The van der Waals surface area contributed by atoms with Crippen molar-refractivity contribution in [1.29, 1.82) is 0 Å². The van der Waals surface area contributed by atoms with E-state index in [-0.39, 0.29) is 16.7 Å². The molecular weight excluding hydrogens is 402 g/mol. The molecule has 0 spiro atoms. The molecule has 8 nitrogen and oxygen atoms in total. The second-order valence-electron chi connectivity index (χ2n) is 6.99. The fourth-order valence-electron chi connectivity index (χ4n) is 3.63. The van der Waals surface area contributed by atoms with Gasteiger partial charge < -0.3 is 24.3 Å². The predicted octanol–water partition coefficient (Wildman–Crippen LogP) is 3.32. The summed E-state index contributed by atoms with van der Waals surface area (Å²) in [6.07, 6.45) is 3.06. The molecule has 2 N–H and O–H groups in total. The van der Waals surface area contributed by atoms with Crippen molar-refractivity contribution in [3.63, 3.8) is 0 Å². The normalized spacial score (nSPS) is 13.8. The van der Waals surface area contributed by atoms with Crippen LogP contribution in [0.15, 0.2) is 45.6 Å². The van der Waals surface area contributed by atoms with Gasteiger partial charge in [-0.1, -0.05) is 0 Å². The van der Waals surface area contributed by atoms with Crippen molar-refractivity contribution in [1.82, 2.24) is 0 Å². The van der Waals surface area contributed by atoms with Gasteiger partial charge in [0.2, 0.25) is 0 Å². The molecule has 3 aromatic rings. The summed E-state index contributed by atoms with van der Waals surface area (Å²) >= 11 is 0. The van der Waals surface area contributed by atoms with E-state index in [1.165, 1.54) is 18.2 Å². The summed E-state index contributed by atoms with van der Waals surface area (Å²) in [7, 11) is 3.16. The van der Waals surface area contributed by atoms with Crippen molar-refractivity contribution in [3.8, 4) is 11.5 Å². The summed E-state index contributed by atoms with van der Waals surface area (Å²) in [5, 5.41) is 11.4. The fourth-order valence-corrected chi connectivity index (χ4v) is 3.63. The summed E-state index contributed by atoms with van der Waals surface area (Å²) in [5.74, 6) is -0.973. The Kier molecular flexibility index (Phi) is 5.21. The highest BCUT2D eigenvalue weighted by atomic mass is 16.5. The Morgan fingerprint density at radius 1 is 1.10 bits per heavy atom. The van der Waals surface area contributed by atoms with Crippen LogP contribution in [0.25, 0.3) is 22.6 Å². The van der Waals surface area contributed by atoms with Crippen LogP contribution in [0.2, 0.25) is 0 Å². The lowest BCUT2D eigenvalue weighted by molar-refractivity contribution is -0.147. The molecule has 0 unspecified atom stereocenters. The molecule has 4 rings (SSSR count). The third kappa shape index (κ3) is 3.75. The number of methoxy groups -OCH3 is 2. The lowest BCUT2D eigenvalue weighted by atomic mass is 10.1. The zero-order valence-corrected chi connectivity index (χ0v) is 16.9. The van der Waals surface area contributed by atoms with Crippen LogP contribution in [-0.2, 0) is 16.0 Å². The Balaban J connectivity index is 1.81. The second kappa shape index (κ2) is 7.98. The minimum absolute atomic E-state index is 0.145. The standard InChI is InChI=1S/C23H19NO7/c1-29-15-5-8-18(30-2)13(10-15)9-12-3-6-17-20(25)16-7-4-14(24-22(26)23(27)28)11-19(16)31-21(12)17/h4-5,7-11H,3,6H2,1-2H3,(H,24,26)(H,27,28)/b12-9+. The van der Waals surface area contributed by atoms with Crippen molar-refractivity contribution in [2.24, 2.45) is 0 Å². The quantitative estimate of drug-likeness (QED) is 0.621. The number of carbonyl (C=O) groups excluding carboxylic acids is 1. The minimum atomic E-state index is -1.60. The summed E-state index contributed by atoms with van der Waals surface area (Å²) < 4.78 is 16.8. The largest absolute Gasteiger partial charge is 0.497 e. The van der Waals surface area contributed by atoms with E-state index >= 15 is 0 Å². The summed E-state index contributed by atoms with van der Waals surface area (Å²) in [4.78, 5) is 35.2. The van der Waals surface area contributed by atoms with Crippen LogP contribution < -0.4 is 20.2 Å². The number of hydrogen-bond acceptors (Lipinski definition) is 6. The molecule has 0 saturated carbocycles. The van der Waals surface area contributed by atoms with E-state index in [2.05, 4.69) is 5.32 Å². The molecule has 0 saturated heterocycles. The van der Waals surface area contributed by atoms with Crippen molar-refractivity contribution in [2.75, 3.05) is 19.5 Å². The molecule has 31 heavy (non-hydrogen) atoms. The molecule has 1 amide bonds. The van der Waals surface area contributed by atoms with Gasteiger partial charge in [0, 0.05) is 22.9 Å². The van der Waals surface area contributed by atoms with Crippen molar-refractivity contribution in [3.05, 3.63) is 63.5 Å². The SMILES string of the molecule is COc1ccc(OC)c(/C=C2\CCc3c2oc2cc(NC(=O)C(=O)O)ccc2c3=O)c1. The van der Waals surface area contributed by atoms with Gasteiger partial charge in [-0.25, -0.2) is 4.79 Å². The monoisotopic (exact) mass is 421 g/mol. The van der Waals surface area contributed by atoms with Gasteiger partial charge in [-0.2, -0.15) is 0 Å². The van der Waals surface area contributed by atoms with Crippen LogP contribution in [0.4, 0.5) is 5.69 Å². The van der Waals surface area contributed by atoms with Crippen molar-refractivity contribution < 1.29 is 28.6 Å². The van der Waals surface area contributed by atoms with Crippen LogP contribution >= 0.6 is 0 Å². The van der Waals surface area contributed by atoms with E-state index in [1.807, 2.05) is 12.1 Å². The third-order valence-electron chi connectivity index (χ3n) is 5.14. The smallest absolute Gasteiger partial charge is 0.394 e. The van der Waals surface area contributed by atoms with Gasteiger partial charge in [0.25, 0.3) is 0 Å². The molecule has 0 fully saturated rings. The minimum Gasteiger partial charge on any atom is -0.497 e. The van der Waals surface area contributed by atoms with Crippen LogP contribution in [0.5, 0.6) is 11.5 Å². The number of carboxylic acid groups (broad SMARTS) is 1. The van der Waals surface area contributed by atoms with E-state index in [1.54, 1.807) is 26.4 Å². The Morgan fingerprint density at radius 2 is 1.90 bits per heavy atom. The number of allylic oxidation sites excluding steroid dienone is 1. The summed E-state index contributed by atoms with van der Waals surface area (Å²) in [6.45, 7) is 0. The van der Waals surface area contributed by atoms with Gasteiger partial charge in [0.1, 0.15) is 22.8 Å². The number of carboxylic acids is 1. The van der Waals surface area contributed by atoms with E-state index in [4.69, 9.17) is 19.0 Å². The summed E-state index contributed by atoms with van der Waals surface area (Å²) in [6, 6.07) is 9.87. The number of carbonyl (C=O) groups is 2. The molecule has 2 aromatic carbocycles. The number of nitrogens with one attached hydrogen (secondary N) is 1. The first-order valence-corrected chi connectivity index (χ1v) is 9.48. The Labute approximate surface area is 176 Å². The van der Waals surface area contributed by atoms with Crippen LogP contribution in [0, 0.1) is 0 Å². The lowest BCUT2D eigenvalue weighted by Crippen LogP contribution is -2.21. The summed E-state index contributed by atoms with van der Waals surface area (Å²) in [5.41, 5.74) is 2.55. The first kappa shape index (κ1) is 20.2. The lowest BCUT2D eigenvalue weighted by Gasteiger charge is -2.09. The molecule has 0 aliphatic heterocycles. The van der Waals surface area contributed by atoms with E-state index in [9.17, 15) is 14.4 Å². The first-order valence-electron chi connectivity index (χ1n) is 9.48. The second-order valence-corrected chi connectivity index (χ2v) is 6.99. The van der Waals surface area contributed by atoms with E-state index in [0.717, 1.165) is 11.1 Å². The highest BCUT2D eigenvalue weighted by Crippen LogP contribution is 2.36. The molecule has 0 radical (unpaired) electrons. The number of anilines is 1. The zero-order chi connectivity index (χ0) is 22.1. The highest BCUT2D eigenvalue weighted by Gasteiger charge is 2.24. The van der Waals surface area contributed by atoms with Crippen LogP contribution in [0.3, 0.4) is 0 Å². The van der Waals surface area contributed by atoms with Crippen LogP contribution in [0.1, 0.15) is 23.3 Å². The molecular formula is C23H19NO7. The van der Waals surface area contributed by atoms with Crippen LogP contribution in [-0.4, -0.2) is 31.2 Å². The first-order chi connectivity index (χ1) is 14.9. The number of hydrogen-bond donors (Lipinski definition) is 2. The maximum atomic E-state index is 13.0. The van der Waals surface area contributed by atoms with Gasteiger partial charge in [0.05, 0.1) is 19.6 Å². The van der Waals surface area contributed by atoms with Gasteiger partial charge in [-0.05, 0) is 54.8 Å². The van der Waals surface area contributed by atoms with Gasteiger partial charge in [-0.3, -0.25) is 9.59 Å². The number of amides is 1. The average molecular weight is 421 g/mol. The molecule has 1 heterocycles. The predicted molar refractivity (Wildman–Crippen MR) is 114 cm³/mol. The van der Waals surface area contributed by atoms with Crippen molar-refractivity contribution in [2.45, 2.75) is 12.8 Å². The molecule has 0 bridgehead atoms. The van der Waals surface area contributed by atoms with Crippen molar-refractivity contribution >= 4 is 40.2 Å². The number of aliphatic carboxylic acids is 1. The van der Waals surface area contributed by atoms with Gasteiger partial charge in [-0.15, -0.1) is 0 Å². The maximum Gasteiger partial charge on any atom is 0.394 e. The highest BCUT2D eigenvalue weighted by molar-refractivity contribution is 6.36. The Bertz CT molecular complexity index is 1300. The fraction of sp³-hybridized carbons (Fsp3) is 0.174. The molecule has 0 atom stereocenters. The third-order valence-corrected chi connectivity index (χ3v) is 5.14. The topological polar surface area (TPSA) is 115 Å². The molecule has 158 valence electrons. The number of benzene rings is 2. The molecule has 1 aromatic heterocycles.